The Hall–Kier alpha value is -0.380. The Morgan fingerprint density at radius 1 is 1.10 bits per heavy atom. The Kier molecular flexibility index (Phi) is 2.33. The van der Waals surface area contributed by atoms with E-state index in [2.05, 4.69) is 20.4 Å². The monoisotopic (exact) mass is 278 g/mol. The summed E-state index contributed by atoms with van der Waals surface area (Å²) in [7, 11) is 0. The Morgan fingerprint density at radius 2 is 1.75 bits per heavy atom. The quantitative estimate of drug-likeness (QED) is 0.750. The molecule has 0 amide bonds. The third kappa shape index (κ3) is 1.28. The number of aliphatic hydroxyl groups is 1. The fourth-order valence-electron chi connectivity index (χ4n) is 6.25. The summed E-state index contributed by atoms with van der Waals surface area (Å²) in [4.78, 5) is 0. The van der Waals surface area contributed by atoms with Gasteiger partial charge in [-0.15, -0.1) is 0 Å². The van der Waals surface area contributed by atoms with E-state index in [4.69, 9.17) is 9.47 Å². The van der Waals surface area contributed by atoms with E-state index in [1.165, 1.54) is 0 Å². The van der Waals surface area contributed by atoms with Gasteiger partial charge in [0.15, 0.2) is 5.79 Å². The molecule has 1 aliphatic heterocycles. The van der Waals surface area contributed by atoms with E-state index in [1.807, 2.05) is 6.92 Å². The normalized spacial score (nSPS) is 55.6. The third-order valence-corrected chi connectivity index (χ3v) is 7.03. The maximum Gasteiger partial charge on any atom is 0.174 e. The first-order valence-electron chi connectivity index (χ1n) is 7.91. The zero-order valence-corrected chi connectivity index (χ0v) is 12.9. The lowest BCUT2D eigenvalue weighted by atomic mass is 9.48. The zero-order chi connectivity index (χ0) is 14.4. The first-order valence-corrected chi connectivity index (χ1v) is 7.91. The molecule has 4 bridgehead atoms. The summed E-state index contributed by atoms with van der Waals surface area (Å²) in [5.41, 5.74) is 0.477. The summed E-state index contributed by atoms with van der Waals surface area (Å²) in [6, 6.07) is 0. The van der Waals surface area contributed by atoms with E-state index >= 15 is 0 Å². The van der Waals surface area contributed by atoms with Crippen molar-refractivity contribution >= 4 is 0 Å². The van der Waals surface area contributed by atoms with Crippen LogP contribution in [0.4, 0.5) is 0 Å². The van der Waals surface area contributed by atoms with Crippen LogP contribution < -0.4 is 0 Å². The minimum absolute atomic E-state index is 0.0254. The summed E-state index contributed by atoms with van der Waals surface area (Å²) in [5.74, 6) is 0.430. The number of ether oxygens (including phenoxy) is 2. The van der Waals surface area contributed by atoms with Crippen LogP contribution in [0, 0.1) is 22.7 Å². The predicted octanol–water partition coefficient (Wildman–Crippen LogP) is 2.88. The van der Waals surface area contributed by atoms with Crippen molar-refractivity contribution in [1.82, 2.24) is 0 Å². The van der Waals surface area contributed by atoms with Gasteiger partial charge in [0.1, 0.15) is 0 Å². The first kappa shape index (κ1) is 13.3. The summed E-state index contributed by atoms with van der Waals surface area (Å²) in [6.07, 6.45) is 3.89. The smallest absolute Gasteiger partial charge is 0.174 e. The standard InChI is InChI=1S/C17H26O3/c1-11(2)16(18)10-14(3)9-15(4)7-13(16)12(14)8-17(15)19-5-6-20-17/h12-13,18H,1,5-10H2,2-4H3/t12-,13+,14+,15+,16+/m0/s1. The van der Waals surface area contributed by atoms with E-state index in [0.29, 0.717) is 25.0 Å². The van der Waals surface area contributed by atoms with Gasteiger partial charge in [-0.3, -0.25) is 0 Å². The zero-order valence-electron chi connectivity index (χ0n) is 12.9. The number of hydrogen-bond donors (Lipinski definition) is 1. The Labute approximate surface area is 121 Å². The Morgan fingerprint density at radius 3 is 2.30 bits per heavy atom. The van der Waals surface area contributed by atoms with Gasteiger partial charge in [-0.25, -0.2) is 0 Å². The molecule has 5 atom stereocenters. The molecule has 0 radical (unpaired) electrons. The van der Waals surface area contributed by atoms with Crippen LogP contribution in [0.25, 0.3) is 0 Å². The second-order valence-electron chi connectivity index (χ2n) is 8.34. The maximum atomic E-state index is 11.2. The lowest BCUT2D eigenvalue weighted by Gasteiger charge is -2.61. The van der Waals surface area contributed by atoms with Gasteiger partial charge >= 0.3 is 0 Å². The van der Waals surface area contributed by atoms with Crippen LogP contribution in [0.2, 0.25) is 0 Å². The molecular weight excluding hydrogens is 252 g/mol. The molecule has 4 aliphatic carbocycles. The summed E-state index contributed by atoms with van der Waals surface area (Å²) >= 11 is 0. The lowest BCUT2D eigenvalue weighted by molar-refractivity contribution is -0.307. The molecule has 0 aromatic carbocycles. The van der Waals surface area contributed by atoms with Gasteiger partial charge in [-0.2, -0.15) is 0 Å². The molecule has 1 spiro atoms. The van der Waals surface area contributed by atoms with E-state index < -0.39 is 5.60 Å². The highest BCUT2D eigenvalue weighted by atomic mass is 16.7. The fourth-order valence-corrected chi connectivity index (χ4v) is 6.25. The molecular formula is C17H26O3. The second kappa shape index (κ2) is 3.50. The van der Waals surface area contributed by atoms with Gasteiger partial charge in [0.2, 0.25) is 0 Å². The Bertz CT molecular complexity index is 481. The molecule has 112 valence electrons. The average Bonchev–Trinajstić information content (AvgIpc) is 2.85. The molecule has 20 heavy (non-hydrogen) atoms. The van der Waals surface area contributed by atoms with Crippen molar-refractivity contribution in [3.05, 3.63) is 12.2 Å². The number of rotatable bonds is 1. The summed E-state index contributed by atoms with van der Waals surface area (Å²) in [6.45, 7) is 12.2. The van der Waals surface area contributed by atoms with Gasteiger partial charge in [0.05, 0.1) is 18.8 Å². The fraction of sp³-hybridized carbons (Fsp3) is 0.882. The van der Waals surface area contributed by atoms with Gasteiger partial charge in [0.25, 0.3) is 0 Å². The summed E-state index contributed by atoms with van der Waals surface area (Å²) in [5, 5.41) is 11.2. The van der Waals surface area contributed by atoms with Crippen LogP contribution in [0.5, 0.6) is 0 Å². The molecule has 1 saturated heterocycles. The van der Waals surface area contributed by atoms with Crippen LogP contribution >= 0.6 is 0 Å². The summed E-state index contributed by atoms with van der Waals surface area (Å²) < 4.78 is 12.2. The maximum absolute atomic E-state index is 11.2. The minimum Gasteiger partial charge on any atom is -0.385 e. The van der Waals surface area contributed by atoms with Gasteiger partial charge in [-0.05, 0) is 49.0 Å². The molecule has 1 N–H and O–H groups in total. The second-order valence-corrected chi connectivity index (χ2v) is 8.34. The van der Waals surface area contributed by atoms with Crippen LogP contribution in [0.3, 0.4) is 0 Å². The van der Waals surface area contributed by atoms with Crippen LogP contribution in [0.15, 0.2) is 12.2 Å². The predicted molar refractivity (Wildman–Crippen MR) is 76.1 cm³/mol. The van der Waals surface area contributed by atoms with Crippen LogP contribution in [-0.2, 0) is 9.47 Å². The molecule has 5 rings (SSSR count). The van der Waals surface area contributed by atoms with Gasteiger partial charge in [-0.1, -0.05) is 20.4 Å². The third-order valence-electron chi connectivity index (χ3n) is 7.03. The van der Waals surface area contributed by atoms with Crippen molar-refractivity contribution in [2.24, 2.45) is 22.7 Å². The molecule has 0 aromatic rings. The highest BCUT2D eigenvalue weighted by molar-refractivity contribution is 5.28. The van der Waals surface area contributed by atoms with Crippen LogP contribution in [0.1, 0.15) is 46.5 Å². The molecule has 3 nitrogen and oxygen atoms in total. The van der Waals surface area contributed by atoms with E-state index in [-0.39, 0.29) is 16.6 Å². The molecule has 1 heterocycles. The molecule has 0 unspecified atom stereocenters. The van der Waals surface area contributed by atoms with E-state index in [0.717, 1.165) is 31.3 Å². The van der Waals surface area contributed by atoms with E-state index in [1.54, 1.807) is 0 Å². The molecule has 4 saturated carbocycles. The van der Waals surface area contributed by atoms with Crippen molar-refractivity contribution in [2.45, 2.75) is 57.8 Å². The highest BCUT2D eigenvalue weighted by Gasteiger charge is 2.74. The average molecular weight is 278 g/mol. The van der Waals surface area contributed by atoms with Crippen molar-refractivity contribution in [3.63, 3.8) is 0 Å². The largest absolute Gasteiger partial charge is 0.385 e. The van der Waals surface area contributed by atoms with Gasteiger partial charge in [0, 0.05) is 11.8 Å². The van der Waals surface area contributed by atoms with E-state index in [9.17, 15) is 5.11 Å². The van der Waals surface area contributed by atoms with Crippen molar-refractivity contribution < 1.29 is 14.6 Å². The molecule has 0 aromatic heterocycles. The lowest BCUT2D eigenvalue weighted by Crippen LogP contribution is -2.62. The number of hydrogen-bond acceptors (Lipinski definition) is 3. The Balaban J connectivity index is 1.79. The highest BCUT2D eigenvalue weighted by Crippen LogP contribution is 2.74. The van der Waals surface area contributed by atoms with Crippen molar-refractivity contribution in [2.75, 3.05) is 13.2 Å². The molecule has 3 heteroatoms. The molecule has 5 fully saturated rings. The van der Waals surface area contributed by atoms with Gasteiger partial charge < -0.3 is 14.6 Å². The van der Waals surface area contributed by atoms with Crippen molar-refractivity contribution in [3.8, 4) is 0 Å². The first-order chi connectivity index (χ1) is 9.25. The SMILES string of the molecule is C=C(C)[C@]1(O)C[C@@]2(C)C[C@@]3(C)C[C@@H]1[C@@H]2CC31OCCO1. The molecule has 5 aliphatic rings. The van der Waals surface area contributed by atoms with Crippen molar-refractivity contribution in [1.29, 1.82) is 0 Å². The van der Waals surface area contributed by atoms with Crippen LogP contribution in [-0.4, -0.2) is 29.7 Å². The topological polar surface area (TPSA) is 38.7 Å². The minimum atomic E-state index is -0.683.